The molecule has 5 heterocycles. The molecule has 0 N–H and O–H groups in total. The van der Waals surface area contributed by atoms with Gasteiger partial charge in [0, 0.05) is 44.1 Å². The number of fused-ring (bicyclic) bond motifs is 15. The Morgan fingerprint density at radius 1 is 0.583 bits per heavy atom. The summed E-state index contributed by atoms with van der Waals surface area (Å²) in [6, 6.07) is 43.2. The second-order valence-corrected chi connectivity index (χ2v) is 15.2. The van der Waals surface area contributed by atoms with Crippen LogP contribution in [-0.4, -0.2) is 11.3 Å². The zero-order valence-electron chi connectivity index (χ0n) is 27.3. The first-order valence-electron chi connectivity index (χ1n) is 17.2. The number of anilines is 3. The van der Waals surface area contributed by atoms with Gasteiger partial charge in [0.2, 0.25) is 0 Å². The van der Waals surface area contributed by atoms with Crippen LogP contribution in [0.15, 0.2) is 120 Å². The van der Waals surface area contributed by atoms with Gasteiger partial charge in [0.15, 0.2) is 5.58 Å². The van der Waals surface area contributed by atoms with Crippen molar-refractivity contribution in [1.29, 1.82) is 0 Å². The maximum absolute atomic E-state index is 6.77. The van der Waals surface area contributed by atoms with Gasteiger partial charge in [-0.15, -0.1) is 0 Å². The molecule has 226 valence electrons. The van der Waals surface area contributed by atoms with Gasteiger partial charge in [-0.3, -0.25) is 0 Å². The first kappa shape index (κ1) is 25.6. The maximum Gasteiger partial charge on any atom is 0.333 e. The van der Waals surface area contributed by atoms with Gasteiger partial charge in [0.1, 0.15) is 5.58 Å². The second kappa shape index (κ2) is 7.97. The number of aromatic nitrogens is 1. The Kier molecular flexibility index (Phi) is 4.25. The Morgan fingerprint density at radius 2 is 1.29 bits per heavy atom. The normalized spacial score (nSPS) is 16.6. The molecule has 4 heteroatoms. The summed E-state index contributed by atoms with van der Waals surface area (Å²) in [4.78, 5) is 2.62. The predicted octanol–water partition coefficient (Wildman–Crippen LogP) is 9.90. The summed E-state index contributed by atoms with van der Waals surface area (Å²) < 4.78 is 9.42. The smallest absolute Gasteiger partial charge is 0.333 e. The van der Waals surface area contributed by atoms with Crippen LogP contribution in [0.1, 0.15) is 49.9 Å². The van der Waals surface area contributed by atoms with E-state index in [1.807, 2.05) is 0 Å². The average molecular weight is 615 g/mol. The lowest BCUT2D eigenvalue weighted by molar-refractivity contribution is 0.632. The number of benzene rings is 6. The Balaban J connectivity index is 1.35. The molecule has 3 nitrogen and oxygen atoms in total. The van der Waals surface area contributed by atoms with E-state index in [2.05, 4.69) is 152 Å². The molecule has 0 atom stereocenters. The lowest BCUT2D eigenvalue weighted by atomic mass is 9.43. The Labute approximate surface area is 279 Å². The average Bonchev–Trinajstić information content (AvgIpc) is 3.71. The van der Waals surface area contributed by atoms with Crippen LogP contribution < -0.4 is 15.8 Å². The van der Waals surface area contributed by atoms with E-state index in [1.54, 1.807) is 0 Å². The minimum Gasteiger partial charge on any atom is -0.454 e. The SMILES string of the molecule is CC1(C)c2ccccc2N2c3cc4c(c5c3B(c3cccc1c32)n1c2c-5cccc2c2oc3ccccc3c21)C(C)(C)c1ccccc1-4. The number of hydrogen-bond acceptors (Lipinski definition) is 2. The molecule has 12 rings (SSSR count). The fourth-order valence-electron chi connectivity index (χ4n) is 10.4. The molecule has 0 fully saturated rings. The van der Waals surface area contributed by atoms with E-state index in [-0.39, 0.29) is 17.7 Å². The maximum atomic E-state index is 6.77. The summed E-state index contributed by atoms with van der Waals surface area (Å²) in [5.74, 6) is 0. The largest absolute Gasteiger partial charge is 0.454 e. The summed E-state index contributed by atoms with van der Waals surface area (Å²) in [7, 11) is 0. The minimum absolute atomic E-state index is 0.0111. The van der Waals surface area contributed by atoms with Gasteiger partial charge in [-0.05, 0) is 80.2 Å². The van der Waals surface area contributed by atoms with Crippen molar-refractivity contribution in [2.24, 2.45) is 0 Å². The third-order valence-corrected chi connectivity index (χ3v) is 12.3. The van der Waals surface area contributed by atoms with Crippen molar-refractivity contribution in [1.82, 2.24) is 4.48 Å². The van der Waals surface area contributed by atoms with Crippen LogP contribution in [0.25, 0.3) is 55.2 Å². The van der Waals surface area contributed by atoms with Crippen molar-refractivity contribution >= 4 is 67.8 Å². The van der Waals surface area contributed by atoms with Crippen molar-refractivity contribution < 1.29 is 4.42 Å². The van der Waals surface area contributed by atoms with Crippen molar-refractivity contribution in [2.75, 3.05) is 4.90 Å². The van der Waals surface area contributed by atoms with Gasteiger partial charge in [-0.25, -0.2) is 0 Å². The van der Waals surface area contributed by atoms with Crippen LogP contribution >= 0.6 is 0 Å². The molecule has 0 amide bonds. The highest BCUT2D eigenvalue weighted by molar-refractivity contribution is 6.90. The highest BCUT2D eigenvalue weighted by Gasteiger charge is 2.51. The first-order valence-corrected chi connectivity index (χ1v) is 17.2. The van der Waals surface area contributed by atoms with Crippen LogP contribution in [-0.2, 0) is 10.8 Å². The molecule has 8 aromatic rings. The topological polar surface area (TPSA) is 21.3 Å². The van der Waals surface area contributed by atoms with Crippen LogP contribution in [0.2, 0.25) is 0 Å². The summed E-state index contributed by atoms with van der Waals surface area (Å²) >= 11 is 0. The molecule has 3 aliphatic heterocycles. The minimum atomic E-state index is -0.159. The van der Waals surface area contributed by atoms with E-state index in [1.165, 1.54) is 94.3 Å². The molecule has 1 aliphatic carbocycles. The fraction of sp³-hybridized carbons (Fsp3) is 0.136. The molecule has 48 heavy (non-hydrogen) atoms. The van der Waals surface area contributed by atoms with E-state index in [0.29, 0.717) is 0 Å². The molecule has 0 spiro atoms. The lowest BCUT2D eigenvalue weighted by Gasteiger charge is -2.48. The molecule has 2 aromatic heterocycles. The lowest BCUT2D eigenvalue weighted by Crippen LogP contribution is -2.58. The number of furan rings is 1. The molecule has 0 radical (unpaired) electrons. The number of hydrogen-bond donors (Lipinski definition) is 0. The summed E-state index contributed by atoms with van der Waals surface area (Å²) in [6.45, 7) is 9.63. The second-order valence-electron chi connectivity index (χ2n) is 15.2. The van der Waals surface area contributed by atoms with Crippen molar-refractivity contribution in [3.8, 4) is 22.3 Å². The van der Waals surface area contributed by atoms with Crippen molar-refractivity contribution in [2.45, 2.75) is 38.5 Å². The monoisotopic (exact) mass is 614 g/mol. The molecular formula is C44H31BN2O. The quantitative estimate of drug-likeness (QED) is 0.159. The summed E-state index contributed by atoms with van der Waals surface area (Å²) in [6.07, 6.45) is 0. The molecule has 6 aromatic carbocycles. The van der Waals surface area contributed by atoms with Crippen LogP contribution in [0.5, 0.6) is 0 Å². The highest BCUT2D eigenvalue weighted by Crippen LogP contribution is 2.59. The number of para-hydroxylation sites is 4. The van der Waals surface area contributed by atoms with Crippen LogP contribution in [0, 0.1) is 0 Å². The molecule has 4 aliphatic rings. The Bertz CT molecular complexity index is 2810. The molecule has 0 bridgehead atoms. The Hall–Kier alpha value is -5.48. The third-order valence-electron chi connectivity index (χ3n) is 12.3. The number of nitrogens with zero attached hydrogens (tertiary/aromatic N) is 2. The van der Waals surface area contributed by atoms with E-state index in [9.17, 15) is 0 Å². The van der Waals surface area contributed by atoms with Gasteiger partial charge in [-0.2, -0.15) is 0 Å². The zero-order valence-corrected chi connectivity index (χ0v) is 27.3. The van der Waals surface area contributed by atoms with Gasteiger partial charge < -0.3 is 13.8 Å². The van der Waals surface area contributed by atoms with Crippen LogP contribution in [0.4, 0.5) is 17.1 Å². The predicted molar refractivity (Wildman–Crippen MR) is 199 cm³/mol. The summed E-state index contributed by atoms with van der Waals surface area (Å²) in [5.41, 5.74) is 21.8. The summed E-state index contributed by atoms with van der Waals surface area (Å²) in [5, 5.41) is 2.36. The van der Waals surface area contributed by atoms with Crippen LogP contribution in [0.3, 0.4) is 0 Å². The fourth-order valence-corrected chi connectivity index (χ4v) is 10.4. The van der Waals surface area contributed by atoms with Gasteiger partial charge in [0.25, 0.3) is 0 Å². The zero-order chi connectivity index (χ0) is 31.8. The standard InChI is InChI=1S/C44H31BN2O/c1-43(2)30-18-8-9-21-33(30)46-34-23-28-24-13-5-7-17-29(24)44(3,4)37(28)36-26-15-11-16-27-39(26)47(40-25-14-6-10-22-35(25)48-42(27)40)45(38(34)36)32-20-12-19-31(43)41(32)46/h5-23H,1-4H3. The van der Waals surface area contributed by atoms with E-state index >= 15 is 0 Å². The van der Waals surface area contributed by atoms with E-state index < -0.39 is 0 Å². The van der Waals surface area contributed by atoms with E-state index in [4.69, 9.17) is 4.42 Å². The van der Waals surface area contributed by atoms with Gasteiger partial charge in [0.05, 0.1) is 11.2 Å². The van der Waals surface area contributed by atoms with Gasteiger partial charge >= 0.3 is 6.85 Å². The highest BCUT2D eigenvalue weighted by atomic mass is 16.3. The van der Waals surface area contributed by atoms with Gasteiger partial charge in [-0.1, -0.05) is 113 Å². The van der Waals surface area contributed by atoms with E-state index in [0.717, 1.165) is 11.2 Å². The molecule has 0 saturated heterocycles. The first-order chi connectivity index (χ1) is 23.4. The molecule has 0 unspecified atom stereocenters. The van der Waals surface area contributed by atoms with Crippen molar-refractivity contribution in [3.63, 3.8) is 0 Å². The van der Waals surface area contributed by atoms with Crippen molar-refractivity contribution in [3.05, 3.63) is 138 Å². The number of rotatable bonds is 0. The Morgan fingerprint density at radius 3 is 2.19 bits per heavy atom. The molecule has 0 saturated carbocycles. The third kappa shape index (κ3) is 2.62. The molecular weight excluding hydrogens is 583 g/mol.